The molecule has 0 amide bonds. The summed E-state index contributed by atoms with van der Waals surface area (Å²) in [5, 5.41) is 14.2. The van der Waals surface area contributed by atoms with Crippen molar-refractivity contribution in [3.63, 3.8) is 0 Å². The third-order valence-electron chi connectivity index (χ3n) is 3.09. The molecule has 1 unspecified atom stereocenters. The highest BCUT2D eigenvalue weighted by Crippen LogP contribution is 2.22. The summed E-state index contributed by atoms with van der Waals surface area (Å²) >= 11 is 3.30. The Bertz CT molecular complexity index is 386. The summed E-state index contributed by atoms with van der Waals surface area (Å²) in [7, 11) is 0. The Balaban J connectivity index is 2.99. The second-order valence-electron chi connectivity index (χ2n) is 4.04. The number of rotatable bonds is 6. The number of nitrogens with zero attached hydrogens (tertiary/aromatic N) is 2. The Morgan fingerprint density at radius 1 is 1.47 bits per heavy atom. The van der Waals surface area contributed by atoms with Gasteiger partial charge in [0.05, 0.1) is 10.7 Å². The van der Waals surface area contributed by atoms with Crippen LogP contribution >= 0.6 is 15.9 Å². The summed E-state index contributed by atoms with van der Waals surface area (Å²) < 4.78 is 2.26. The standard InChI is InChI=1S/C12H19BrN2O2/c1-4-8(5-2)11(16)12(17)10-9(13)7-14-15(10)6-3/h7-8,11,16H,4-6H2,1-3H3. The van der Waals surface area contributed by atoms with E-state index in [1.165, 1.54) is 0 Å². The molecule has 5 heteroatoms. The van der Waals surface area contributed by atoms with Gasteiger partial charge in [0.1, 0.15) is 11.8 Å². The van der Waals surface area contributed by atoms with Crippen molar-refractivity contribution in [2.24, 2.45) is 5.92 Å². The third kappa shape index (κ3) is 2.96. The van der Waals surface area contributed by atoms with Crippen LogP contribution in [0.5, 0.6) is 0 Å². The van der Waals surface area contributed by atoms with Crippen molar-refractivity contribution in [2.45, 2.75) is 46.3 Å². The number of aromatic nitrogens is 2. The molecule has 0 spiro atoms. The number of aliphatic hydroxyl groups is 1. The van der Waals surface area contributed by atoms with Crippen LogP contribution in [0.3, 0.4) is 0 Å². The molecule has 17 heavy (non-hydrogen) atoms. The summed E-state index contributed by atoms with van der Waals surface area (Å²) in [6.07, 6.45) is 2.24. The largest absolute Gasteiger partial charge is 0.385 e. The van der Waals surface area contributed by atoms with Gasteiger partial charge in [0.2, 0.25) is 5.78 Å². The molecule has 0 saturated heterocycles. The fraction of sp³-hybridized carbons (Fsp3) is 0.667. The van der Waals surface area contributed by atoms with Crippen molar-refractivity contribution >= 4 is 21.7 Å². The second kappa shape index (κ2) is 6.31. The Labute approximate surface area is 110 Å². The molecular formula is C12H19BrN2O2. The number of hydrogen-bond donors (Lipinski definition) is 1. The van der Waals surface area contributed by atoms with E-state index in [1.54, 1.807) is 10.9 Å². The molecule has 1 rings (SSSR count). The third-order valence-corrected chi connectivity index (χ3v) is 3.67. The Morgan fingerprint density at radius 2 is 2.06 bits per heavy atom. The highest BCUT2D eigenvalue weighted by atomic mass is 79.9. The number of ketones is 1. The van der Waals surface area contributed by atoms with Gasteiger partial charge in [0.15, 0.2) is 0 Å². The van der Waals surface area contributed by atoms with Crippen LogP contribution in [-0.2, 0) is 6.54 Å². The number of halogens is 1. The molecule has 0 fully saturated rings. The SMILES string of the molecule is CCC(CC)C(O)C(=O)c1c(Br)cnn1CC. The van der Waals surface area contributed by atoms with Gasteiger partial charge in [0, 0.05) is 6.54 Å². The minimum Gasteiger partial charge on any atom is -0.385 e. The Morgan fingerprint density at radius 3 is 2.53 bits per heavy atom. The molecule has 1 aromatic rings. The summed E-state index contributed by atoms with van der Waals surface area (Å²) in [6.45, 7) is 6.50. The first-order valence-corrected chi connectivity index (χ1v) is 6.79. The van der Waals surface area contributed by atoms with Crippen molar-refractivity contribution < 1.29 is 9.90 Å². The molecule has 0 bridgehead atoms. The van der Waals surface area contributed by atoms with Crippen LogP contribution < -0.4 is 0 Å². The van der Waals surface area contributed by atoms with Gasteiger partial charge in [-0.15, -0.1) is 0 Å². The monoisotopic (exact) mass is 302 g/mol. The van der Waals surface area contributed by atoms with Gasteiger partial charge in [-0.05, 0) is 28.8 Å². The summed E-state index contributed by atoms with van der Waals surface area (Å²) in [4.78, 5) is 12.2. The zero-order valence-corrected chi connectivity index (χ0v) is 12.1. The van der Waals surface area contributed by atoms with Crippen molar-refractivity contribution in [1.82, 2.24) is 9.78 Å². The smallest absolute Gasteiger partial charge is 0.210 e. The maximum absolute atomic E-state index is 12.2. The van der Waals surface area contributed by atoms with E-state index in [0.717, 1.165) is 12.8 Å². The van der Waals surface area contributed by atoms with Gasteiger partial charge in [-0.2, -0.15) is 5.10 Å². The van der Waals surface area contributed by atoms with Gasteiger partial charge >= 0.3 is 0 Å². The minimum atomic E-state index is -0.941. The number of hydrogen-bond acceptors (Lipinski definition) is 3. The van der Waals surface area contributed by atoms with Crippen LogP contribution in [0, 0.1) is 5.92 Å². The van der Waals surface area contributed by atoms with Gasteiger partial charge in [-0.3, -0.25) is 9.48 Å². The lowest BCUT2D eigenvalue weighted by Gasteiger charge is -2.19. The maximum Gasteiger partial charge on any atom is 0.210 e. The molecule has 1 N–H and O–H groups in total. The van der Waals surface area contributed by atoms with Crippen LogP contribution in [0.4, 0.5) is 0 Å². The number of aryl methyl sites for hydroxylation is 1. The number of aliphatic hydroxyl groups excluding tert-OH is 1. The minimum absolute atomic E-state index is 0.00889. The molecule has 0 aliphatic carbocycles. The Hall–Kier alpha value is -0.680. The van der Waals surface area contributed by atoms with Crippen LogP contribution in [0.15, 0.2) is 10.7 Å². The van der Waals surface area contributed by atoms with Crippen LogP contribution in [0.1, 0.15) is 44.1 Å². The molecule has 4 nitrogen and oxygen atoms in total. The predicted molar refractivity (Wildman–Crippen MR) is 70.0 cm³/mol. The van der Waals surface area contributed by atoms with E-state index in [-0.39, 0.29) is 11.7 Å². The van der Waals surface area contributed by atoms with Crippen LogP contribution in [-0.4, -0.2) is 26.8 Å². The molecule has 0 aromatic carbocycles. The van der Waals surface area contributed by atoms with Crippen molar-refractivity contribution in [3.8, 4) is 0 Å². The predicted octanol–water partition coefficient (Wildman–Crippen LogP) is 2.65. The van der Waals surface area contributed by atoms with E-state index in [4.69, 9.17) is 0 Å². The first kappa shape index (κ1) is 14.4. The van der Waals surface area contributed by atoms with E-state index >= 15 is 0 Å². The molecule has 0 radical (unpaired) electrons. The lowest BCUT2D eigenvalue weighted by atomic mass is 9.92. The highest BCUT2D eigenvalue weighted by molar-refractivity contribution is 9.10. The van der Waals surface area contributed by atoms with E-state index in [1.807, 2.05) is 20.8 Å². The number of carbonyl (C=O) groups excluding carboxylic acids is 1. The quantitative estimate of drug-likeness (QED) is 0.822. The maximum atomic E-state index is 12.2. The van der Waals surface area contributed by atoms with E-state index in [0.29, 0.717) is 16.7 Å². The van der Waals surface area contributed by atoms with Gasteiger partial charge in [-0.1, -0.05) is 26.7 Å². The van der Waals surface area contributed by atoms with Gasteiger partial charge in [-0.25, -0.2) is 0 Å². The fourth-order valence-electron chi connectivity index (χ4n) is 1.94. The van der Waals surface area contributed by atoms with E-state index in [2.05, 4.69) is 21.0 Å². The average Bonchev–Trinajstić information content (AvgIpc) is 2.70. The zero-order chi connectivity index (χ0) is 13.0. The first-order chi connectivity index (χ1) is 8.06. The molecule has 1 aromatic heterocycles. The molecule has 0 saturated carbocycles. The van der Waals surface area contributed by atoms with Crippen LogP contribution in [0.2, 0.25) is 0 Å². The normalized spacial score (nSPS) is 13.1. The average molecular weight is 303 g/mol. The van der Waals surface area contributed by atoms with Gasteiger partial charge in [0.25, 0.3) is 0 Å². The Kier molecular flexibility index (Phi) is 5.33. The summed E-state index contributed by atoms with van der Waals surface area (Å²) in [5.41, 5.74) is 0.465. The lowest BCUT2D eigenvalue weighted by Crippen LogP contribution is -2.31. The topological polar surface area (TPSA) is 55.1 Å². The van der Waals surface area contributed by atoms with Crippen LogP contribution in [0.25, 0.3) is 0 Å². The molecule has 1 atom stereocenters. The lowest BCUT2D eigenvalue weighted by molar-refractivity contribution is 0.0576. The summed E-state index contributed by atoms with van der Waals surface area (Å²) in [5.74, 6) is -0.237. The molecule has 0 aliphatic rings. The number of Topliss-reactive ketones (excluding diaryl/α,β-unsaturated/α-hetero) is 1. The zero-order valence-electron chi connectivity index (χ0n) is 10.5. The summed E-state index contributed by atoms with van der Waals surface area (Å²) in [6, 6.07) is 0. The molecular weight excluding hydrogens is 284 g/mol. The van der Waals surface area contributed by atoms with Gasteiger partial charge < -0.3 is 5.11 Å². The number of carbonyl (C=O) groups is 1. The van der Waals surface area contributed by atoms with Crippen molar-refractivity contribution in [3.05, 3.63) is 16.4 Å². The van der Waals surface area contributed by atoms with E-state index < -0.39 is 6.10 Å². The fourth-order valence-corrected chi connectivity index (χ4v) is 2.43. The van der Waals surface area contributed by atoms with Crippen molar-refractivity contribution in [1.29, 1.82) is 0 Å². The second-order valence-corrected chi connectivity index (χ2v) is 4.90. The van der Waals surface area contributed by atoms with Crippen molar-refractivity contribution in [2.75, 3.05) is 0 Å². The molecule has 96 valence electrons. The molecule has 0 aliphatic heterocycles. The van der Waals surface area contributed by atoms with E-state index in [9.17, 15) is 9.90 Å². The first-order valence-electron chi connectivity index (χ1n) is 6.00. The molecule has 1 heterocycles. The highest BCUT2D eigenvalue weighted by Gasteiger charge is 2.28.